The van der Waals surface area contributed by atoms with Gasteiger partial charge in [0.1, 0.15) is 6.10 Å². The van der Waals surface area contributed by atoms with Gasteiger partial charge in [0, 0.05) is 43.9 Å². The lowest BCUT2D eigenvalue weighted by Crippen LogP contribution is -2.59. The third-order valence-electron chi connectivity index (χ3n) is 6.68. The fourth-order valence-electron chi connectivity index (χ4n) is 4.87. The normalized spacial score (nSPS) is 21.3. The van der Waals surface area contributed by atoms with E-state index in [1.165, 1.54) is 11.3 Å². The first kappa shape index (κ1) is 32.7. The minimum absolute atomic E-state index is 0.193. The second-order valence-corrected chi connectivity index (χ2v) is 11.3. The summed E-state index contributed by atoms with van der Waals surface area (Å²) in [7, 11) is 0. The molecule has 0 amide bonds. The molecule has 0 bridgehead atoms. The van der Waals surface area contributed by atoms with Gasteiger partial charge in [0.15, 0.2) is 29.7 Å². The molecule has 234 valence electrons. The molecule has 0 aliphatic carbocycles. The molecule has 1 aliphatic heterocycles. The van der Waals surface area contributed by atoms with Crippen molar-refractivity contribution in [2.45, 2.75) is 71.7 Å². The van der Waals surface area contributed by atoms with Crippen LogP contribution in [0, 0.1) is 24.4 Å². The molecule has 1 aromatic heterocycles. The van der Waals surface area contributed by atoms with Crippen molar-refractivity contribution in [3.63, 3.8) is 0 Å². The smallest absolute Gasteiger partial charge is 0.305 e. The van der Waals surface area contributed by atoms with E-state index >= 15 is 0 Å². The number of hydrogen-bond acceptors (Lipinski definition) is 10. The Morgan fingerprint density at radius 3 is 1.91 bits per heavy atom. The summed E-state index contributed by atoms with van der Waals surface area (Å²) in [5.74, 6) is -7.18. The van der Waals surface area contributed by atoms with E-state index in [1.807, 2.05) is 6.92 Å². The standard InChI is InChI=1S/C31H29F3O9S/c1-14-6-7-19(10-20(14)11-22-8-9-25(44-22)21-12-23(32)26(34)24(33)13-21)27-28(39-15(2)35)29(40-16(3)36)30(41-17(4)37)31(43-27)42-18(5)38/h6-10,12-13,27-31H,11H2,1-5H3. The van der Waals surface area contributed by atoms with Crippen LogP contribution in [0.3, 0.4) is 0 Å². The van der Waals surface area contributed by atoms with Crippen LogP contribution in [0.15, 0.2) is 42.5 Å². The van der Waals surface area contributed by atoms with Crippen molar-refractivity contribution in [3.8, 4) is 10.4 Å². The lowest BCUT2D eigenvalue weighted by Gasteiger charge is -2.44. The number of halogens is 3. The summed E-state index contributed by atoms with van der Waals surface area (Å²) in [6.07, 6.45) is -6.43. The van der Waals surface area contributed by atoms with Gasteiger partial charge in [-0.3, -0.25) is 19.2 Å². The van der Waals surface area contributed by atoms with Crippen molar-refractivity contribution in [1.82, 2.24) is 0 Å². The van der Waals surface area contributed by atoms with E-state index in [0.29, 0.717) is 16.9 Å². The van der Waals surface area contributed by atoms with Crippen molar-refractivity contribution in [3.05, 3.63) is 81.5 Å². The molecule has 3 aromatic rings. The number of ether oxygens (including phenoxy) is 5. The second kappa shape index (κ2) is 13.6. The molecule has 2 aromatic carbocycles. The Kier molecular flexibility index (Phi) is 10.1. The third-order valence-corrected chi connectivity index (χ3v) is 7.81. The maximum atomic E-state index is 13.8. The lowest BCUT2D eigenvalue weighted by atomic mass is 9.90. The van der Waals surface area contributed by atoms with E-state index in [1.54, 1.807) is 30.3 Å². The highest BCUT2D eigenvalue weighted by atomic mass is 32.1. The molecule has 13 heteroatoms. The fourth-order valence-corrected chi connectivity index (χ4v) is 5.89. The van der Waals surface area contributed by atoms with E-state index in [9.17, 15) is 32.3 Å². The fraction of sp³-hybridized carbons (Fsp3) is 0.355. The third kappa shape index (κ3) is 7.64. The number of esters is 4. The monoisotopic (exact) mass is 634 g/mol. The number of aryl methyl sites for hydroxylation is 1. The van der Waals surface area contributed by atoms with Crippen LogP contribution in [0.5, 0.6) is 0 Å². The number of benzene rings is 2. The van der Waals surface area contributed by atoms with Crippen LogP contribution in [0.1, 0.15) is 55.4 Å². The Bertz CT molecular complexity index is 1560. The van der Waals surface area contributed by atoms with Crippen molar-refractivity contribution in [2.24, 2.45) is 0 Å². The molecule has 1 fully saturated rings. The summed E-state index contributed by atoms with van der Waals surface area (Å²) in [6.45, 7) is 6.36. The van der Waals surface area contributed by atoms with Crippen LogP contribution in [-0.4, -0.2) is 48.5 Å². The largest absolute Gasteiger partial charge is 0.455 e. The van der Waals surface area contributed by atoms with Crippen molar-refractivity contribution >= 4 is 35.2 Å². The Morgan fingerprint density at radius 2 is 1.32 bits per heavy atom. The first-order valence-electron chi connectivity index (χ1n) is 13.4. The first-order valence-corrected chi connectivity index (χ1v) is 14.2. The summed E-state index contributed by atoms with van der Waals surface area (Å²) >= 11 is 1.26. The molecule has 5 atom stereocenters. The maximum Gasteiger partial charge on any atom is 0.305 e. The zero-order valence-corrected chi connectivity index (χ0v) is 25.2. The molecule has 0 N–H and O–H groups in total. The number of rotatable bonds is 8. The summed E-state index contributed by atoms with van der Waals surface area (Å²) in [5.41, 5.74) is 2.33. The molecule has 5 unspecified atom stereocenters. The Hall–Kier alpha value is -4.23. The molecule has 0 radical (unpaired) electrons. The Labute approximate surface area is 254 Å². The molecule has 0 saturated carbocycles. The molecule has 4 rings (SSSR count). The van der Waals surface area contributed by atoms with Gasteiger partial charge in [0.2, 0.25) is 12.4 Å². The van der Waals surface area contributed by atoms with Crippen molar-refractivity contribution in [1.29, 1.82) is 0 Å². The minimum Gasteiger partial charge on any atom is -0.455 e. The lowest BCUT2D eigenvalue weighted by molar-refractivity contribution is -0.298. The van der Waals surface area contributed by atoms with Gasteiger partial charge >= 0.3 is 23.9 Å². The second-order valence-electron chi connectivity index (χ2n) is 10.1. The Morgan fingerprint density at radius 1 is 0.750 bits per heavy atom. The van der Waals surface area contributed by atoms with Crippen LogP contribution in [-0.2, 0) is 49.3 Å². The number of hydrogen-bond donors (Lipinski definition) is 0. The average Bonchev–Trinajstić information content (AvgIpc) is 3.39. The summed E-state index contributed by atoms with van der Waals surface area (Å²) in [4.78, 5) is 49.5. The van der Waals surface area contributed by atoms with Crippen molar-refractivity contribution in [2.75, 3.05) is 0 Å². The van der Waals surface area contributed by atoms with Gasteiger partial charge in [-0.1, -0.05) is 18.2 Å². The molecule has 1 aliphatic rings. The highest BCUT2D eigenvalue weighted by Gasteiger charge is 2.53. The van der Waals surface area contributed by atoms with Crippen LogP contribution >= 0.6 is 11.3 Å². The summed E-state index contributed by atoms with van der Waals surface area (Å²) in [6, 6.07) is 10.6. The van der Waals surface area contributed by atoms with Gasteiger partial charge in [-0.2, -0.15) is 0 Å². The highest BCUT2D eigenvalue weighted by molar-refractivity contribution is 7.15. The predicted octanol–water partition coefficient (Wildman–Crippen LogP) is 5.49. The zero-order chi connectivity index (χ0) is 32.3. The van der Waals surface area contributed by atoms with Crippen LogP contribution in [0.4, 0.5) is 13.2 Å². The van der Waals surface area contributed by atoms with E-state index in [0.717, 1.165) is 55.8 Å². The van der Waals surface area contributed by atoms with Crippen LogP contribution in [0.2, 0.25) is 0 Å². The molecular formula is C31H29F3O9S. The first-order chi connectivity index (χ1) is 20.7. The van der Waals surface area contributed by atoms with Gasteiger partial charge in [-0.15, -0.1) is 11.3 Å². The van der Waals surface area contributed by atoms with Gasteiger partial charge in [-0.25, -0.2) is 13.2 Å². The van der Waals surface area contributed by atoms with Crippen LogP contribution in [0.25, 0.3) is 10.4 Å². The minimum atomic E-state index is -1.54. The summed E-state index contributed by atoms with van der Waals surface area (Å²) < 4.78 is 68.8. The number of thiophene rings is 1. The van der Waals surface area contributed by atoms with E-state index < -0.39 is 72.0 Å². The molecule has 0 spiro atoms. The van der Waals surface area contributed by atoms with Gasteiger partial charge in [0.25, 0.3) is 0 Å². The zero-order valence-electron chi connectivity index (χ0n) is 24.4. The van der Waals surface area contributed by atoms with E-state index in [4.69, 9.17) is 23.7 Å². The number of carbonyl (C=O) groups is 4. The molecule has 9 nitrogen and oxygen atoms in total. The molecule has 44 heavy (non-hydrogen) atoms. The Balaban J connectivity index is 1.71. The maximum absolute atomic E-state index is 13.8. The topological polar surface area (TPSA) is 114 Å². The summed E-state index contributed by atoms with van der Waals surface area (Å²) in [5, 5.41) is 0. The quantitative estimate of drug-likeness (QED) is 0.180. The average molecular weight is 635 g/mol. The molecular weight excluding hydrogens is 605 g/mol. The van der Waals surface area contributed by atoms with Crippen molar-refractivity contribution < 1.29 is 56.0 Å². The predicted molar refractivity (Wildman–Crippen MR) is 150 cm³/mol. The van der Waals surface area contributed by atoms with Gasteiger partial charge in [0.05, 0.1) is 0 Å². The highest BCUT2D eigenvalue weighted by Crippen LogP contribution is 2.39. The van der Waals surface area contributed by atoms with Crippen LogP contribution < -0.4 is 0 Å². The molecule has 2 heterocycles. The van der Waals surface area contributed by atoms with E-state index in [-0.39, 0.29) is 5.56 Å². The van der Waals surface area contributed by atoms with E-state index in [2.05, 4.69) is 0 Å². The van der Waals surface area contributed by atoms with Gasteiger partial charge in [-0.05, 0) is 53.4 Å². The van der Waals surface area contributed by atoms with Gasteiger partial charge < -0.3 is 23.7 Å². The SMILES string of the molecule is CC(=O)OC1OC(c2ccc(C)c(Cc3ccc(-c4cc(F)c(F)c(F)c4)s3)c2)C(OC(C)=O)C(OC(C)=O)C1OC(C)=O. The molecule has 1 saturated heterocycles. The number of carbonyl (C=O) groups excluding carboxylic acids is 4.